The van der Waals surface area contributed by atoms with Crippen molar-refractivity contribution < 1.29 is 9.47 Å². The van der Waals surface area contributed by atoms with Gasteiger partial charge < -0.3 is 9.47 Å². The number of hydrogen-bond donors (Lipinski definition) is 0. The molecule has 0 aliphatic carbocycles. The Labute approximate surface area is 89.9 Å². The molecule has 0 radical (unpaired) electrons. The second-order valence-corrected chi connectivity index (χ2v) is 4.08. The third-order valence-electron chi connectivity index (χ3n) is 1.95. The standard InChI is InChI=1S/C9H8BrClO2/c1-5-6(10)4-7(11)9-8(5)12-2-3-13-9/h4H,2-3H2,1H3. The van der Waals surface area contributed by atoms with Gasteiger partial charge in [-0.1, -0.05) is 27.5 Å². The molecule has 0 saturated carbocycles. The molecule has 0 amide bonds. The molecule has 1 aromatic rings. The molecule has 13 heavy (non-hydrogen) atoms. The van der Waals surface area contributed by atoms with E-state index in [0.29, 0.717) is 24.0 Å². The fraction of sp³-hybridized carbons (Fsp3) is 0.333. The number of halogens is 2. The van der Waals surface area contributed by atoms with E-state index < -0.39 is 0 Å². The molecule has 0 N–H and O–H groups in total. The third kappa shape index (κ3) is 1.51. The molecule has 0 saturated heterocycles. The molecule has 1 aliphatic rings. The van der Waals surface area contributed by atoms with Gasteiger partial charge in [0.1, 0.15) is 13.2 Å². The van der Waals surface area contributed by atoms with E-state index in [0.717, 1.165) is 15.8 Å². The summed E-state index contributed by atoms with van der Waals surface area (Å²) in [6.07, 6.45) is 0. The lowest BCUT2D eigenvalue weighted by atomic mass is 10.2. The minimum absolute atomic E-state index is 0.563. The Morgan fingerprint density at radius 3 is 2.62 bits per heavy atom. The van der Waals surface area contributed by atoms with Gasteiger partial charge in [0, 0.05) is 10.0 Å². The van der Waals surface area contributed by atoms with E-state index in [1.54, 1.807) is 0 Å². The number of fused-ring (bicyclic) bond motifs is 1. The maximum absolute atomic E-state index is 5.98. The van der Waals surface area contributed by atoms with Crippen LogP contribution in [0.1, 0.15) is 5.56 Å². The van der Waals surface area contributed by atoms with Gasteiger partial charge >= 0.3 is 0 Å². The molecule has 1 aliphatic heterocycles. The Balaban J connectivity index is 2.63. The Kier molecular flexibility index (Phi) is 2.39. The molecule has 0 fully saturated rings. The van der Waals surface area contributed by atoms with Crippen molar-refractivity contribution in [1.82, 2.24) is 0 Å². The van der Waals surface area contributed by atoms with E-state index in [2.05, 4.69) is 15.9 Å². The molecule has 70 valence electrons. The third-order valence-corrected chi connectivity index (χ3v) is 3.06. The highest BCUT2D eigenvalue weighted by Crippen LogP contribution is 2.43. The lowest BCUT2D eigenvalue weighted by molar-refractivity contribution is 0.170. The van der Waals surface area contributed by atoms with Crippen molar-refractivity contribution in [2.75, 3.05) is 13.2 Å². The Morgan fingerprint density at radius 1 is 1.31 bits per heavy atom. The van der Waals surface area contributed by atoms with E-state index in [9.17, 15) is 0 Å². The highest BCUT2D eigenvalue weighted by molar-refractivity contribution is 9.10. The number of benzene rings is 1. The zero-order valence-corrected chi connectivity index (χ0v) is 9.41. The van der Waals surface area contributed by atoms with Crippen molar-refractivity contribution in [1.29, 1.82) is 0 Å². The molecule has 0 aromatic heterocycles. The molecule has 0 unspecified atom stereocenters. The van der Waals surface area contributed by atoms with E-state index in [1.807, 2.05) is 13.0 Å². The SMILES string of the molecule is Cc1c(Br)cc(Cl)c2c1OCCO2. The van der Waals surface area contributed by atoms with Gasteiger partial charge in [0.2, 0.25) is 0 Å². The zero-order valence-electron chi connectivity index (χ0n) is 7.06. The van der Waals surface area contributed by atoms with E-state index in [-0.39, 0.29) is 0 Å². The highest BCUT2D eigenvalue weighted by Gasteiger charge is 2.19. The van der Waals surface area contributed by atoms with Crippen molar-refractivity contribution in [3.05, 3.63) is 21.1 Å². The first-order valence-electron chi connectivity index (χ1n) is 3.94. The molecule has 1 aromatic carbocycles. The second kappa shape index (κ2) is 3.39. The van der Waals surface area contributed by atoms with Crippen LogP contribution < -0.4 is 9.47 Å². The average molecular weight is 264 g/mol. The van der Waals surface area contributed by atoms with Crippen LogP contribution in [-0.2, 0) is 0 Å². The Bertz CT molecular complexity index is 352. The van der Waals surface area contributed by atoms with Crippen LogP contribution >= 0.6 is 27.5 Å². The van der Waals surface area contributed by atoms with Crippen LogP contribution in [0.25, 0.3) is 0 Å². The maximum Gasteiger partial charge on any atom is 0.180 e. The highest BCUT2D eigenvalue weighted by atomic mass is 79.9. The van der Waals surface area contributed by atoms with E-state index in [4.69, 9.17) is 21.1 Å². The molecular weight excluding hydrogens is 255 g/mol. The van der Waals surface area contributed by atoms with Crippen LogP contribution in [0, 0.1) is 6.92 Å². The Hall–Kier alpha value is -0.410. The van der Waals surface area contributed by atoms with Crippen LogP contribution in [0.2, 0.25) is 5.02 Å². The summed E-state index contributed by atoms with van der Waals surface area (Å²) in [7, 11) is 0. The van der Waals surface area contributed by atoms with Gasteiger partial charge in [-0.2, -0.15) is 0 Å². The quantitative estimate of drug-likeness (QED) is 0.716. The minimum atomic E-state index is 0.563. The van der Waals surface area contributed by atoms with Crippen molar-refractivity contribution in [3.8, 4) is 11.5 Å². The molecule has 2 nitrogen and oxygen atoms in total. The zero-order chi connectivity index (χ0) is 9.42. The fourth-order valence-electron chi connectivity index (χ4n) is 1.27. The van der Waals surface area contributed by atoms with Gasteiger partial charge in [-0.15, -0.1) is 0 Å². The summed E-state index contributed by atoms with van der Waals surface area (Å²) in [6.45, 7) is 3.11. The van der Waals surface area contributed by atoms with Crippen molar-refractivity contribution >= 4 is 27.5 Å². The van der Waals surface area contributed by atoms with Gasteiger partial charge in [-0.3, -0.25) is 0 Å². The van der Waals surface area contributed by atoms with E-state index in [1.165, 1.54) is 0 Å². The first kappa shape index (κ1) is 9.16. The van der Waals surface area contributed by atoms with Crippen LogP contribution in [0.4, 0.5) is 0 Å². The van der Waals surface area contributed by atoms with Gasteiger partial charge in [0.15, 0.2) is 11.5 Å². The van der Waals surface area contributed by atoms with Gasteiger partial charge in [-0.25, -0.2) is 0 Å². The van der Waals surface area contributed by atoms with Crippen molar-refractivity contribution in [2.45, 2.75) is 6.92 Å². The Morgan fingerprint density at radius 2 is 1.92 bits per heavy atom. The second-order valence-electron chi connectivity index (χ2n) is 2.82. The predicted octanol–water partition coefficient (Wildman–Crippen LogP) is 3.18. The van der Waals surface area contributed by atoms with Crippen LogP contribution in [-0.4, -0.2) is 13.2 Å². The molecule has 0 bridgehead atoms. The molecular formula is C9H8BrClO2. The first-order valence-corrected chi connectivity index (χ1v) is 5.11. The van der Waals surface area contributed by atoms with Crippen LogP contribution in [0.15, 0.2) is 10.5 Å². The summed E-state index contributed by atoms with van der Waals surface area (Å²) in [5.41, 5.74) is 1.03. The number of hydrogen-bond acceptors (Lipinski definition) is 2. The van der Waals surface area contributed by atoms with Gasteiger partial charge in [-0.05, 0) is 13.0 Å². The average Bonchev–Trinajstić information content (AvgIpc) is 2.15. The van der Waals surface area contributed by atoms with Gasteiger partial charge in [0.05, 0.1) is 5.02 Å². The predicted molar refractivity (Wildman–Crippen MR) is 54.9 cm³/mol. The topological polar surface area (TPSA) is 18.5 Å². The summed E-state index contributed by atoms with van der Waals surface area (Å²) >= 11 is 9.39. The largest absolute Gasteiger partial charge is 0.486 e. The summed E-state index contributed by atoms with van der Waals surface area (Å²) in [6, 6.07) is 1.82. The summed E-state index contributed by atoms with van der Waals surface area (Å²) in [5, 5.41) is 0.590. The van der Waals surface area contributed by atoms with Gasteiger partial charge in [0.25, 0.3) is 0 Å². The molecule has 1 heterocycles. The van der Waals surface area contributed by atoms with Crippen molar-refractivity contribution in [3.63, 3.8) is 0 Å². The number of ether oxygens (including phenoxy) is 2. The molecule has 0 spiro atoms. The lowest BCUT2D eigenvalue weighted by Gasteiger charge is -2.21. The summed E-state index contributed by atoms with van der Waals surface area (Å²) in [5.74, 6) is 1.42. The van der Waals surface area contributed by atoms with Crippen LogP contribution in [0.5, 0.6) is 11.5 Å². The summed E-state index contributed by atoms with van der Waals surface area (Å²) < 4.78 is 11.8. The van der Waals surface area contributed by atoms with Crippen molar-refractivity contribution in [2.24, 2.45) is 0 Å². The maximum atomic E-state index is 5.98. The smallest absolute Gasteiger partial charge is 0.180 e. The molecule has 0 atom stereocenters. The number of rotatable bonds is 0. The fourth-order valence-corrected chi connectivity index (χ4v) is 2.06. The minimum Gasteiger partial charge on any atom is -0.486 e. The summed E-state index contributed by atoms with van der Waals surface area (Å²) in [4.78, 5) is 0. The monoisotopic (exact) mass is 262 g/mol. The van der Waals surface area contributed by atoms with Crippen LogP contribution in [0.3, 0.4) is 0 Å². The first-order chi connectivity index (χ1) is 6.20. The van der Waals surface area contributed by atoms with E-state index >= 15 is 0 Å². The molecule has 2 rings (SSSR count). The lowest BCUT2D eigenvalue weighted by Crippen LogP contribution is -2.16. The normalized spacial score (nSPS) is 14.4. The molecule has 4 heteroatoms.